The maximum Gasteiger partial charge on any atom is 0.409 e. The number of aromatic nitrogens is 2. The summed E-state index contributed by atoms with van der Waals surface area (Å²) >= 11 is 0. The van der Waals surface area contributed by atoms with Crippen LogP contribution in [0.15, 0.2) is 35.4 Å². The quantitative estimate of drug-likeness (QED) is 0.387. The zero-order valence-electron chi connectivity index (χ0n) is 22.6. The van der Waals surface area contributed by atoms with Crippen LogP contribution in [0.2, 0.25) is 0 Å². The van der Waals surface area contributed by atoms with Crippen LogP contribution in [0.25, 0.3) is 16.9 Å². The average Bonchev–Trinajstić information content (AvgIpc) is 3.16. The van der Waals surface area contributed by atoms with E-state index in [4.69, 9.17) is 14.6 Å². The Balaban J connectivity index is 1.70. The molecule has 3 aromatic rings. The molecule has 12 heteroatoms. The monoisotopic (exact) mass is 562 g/mol. The Labute approximate surface area is 227 Å². The maximum atomic E-state index is 15.4. The number of sulfonamides is 1. The number of imidazole rings is 1. The van der Waals surface area contributed by atoms with E-state index >= 15 is 4.39 Å². The number of halogens is 1. The van der Waals surface area contributed by atoms with E-state index in [2.05, 4.69) is 4.98 Å². The van der Waals surface area contributed by atoms with Crippen LogP contribution in [0.1, 0.15) is 36.1 Å². The molecule has 1 unspecified atom stereocenters. The van der Waals surface area contributed by atoms with Gasteiger partial charge in [0.25, 0.3) is 0 Å². The van der Waals surface area contributed by atoms with Crippen LogP contribution in [0.5, 0.6) is 0 Å². The van der Waals surface area contributed by atoms with Crippen LogP contribution in [-0.2, 0) is 25.9 Å². The van der Waals surface area contributed by atoms with Crippen LogP contribution < -0.4 is 5.14 Å². The lowest BCUT2D eigenvalue weighted by Crippen LogP contribution is -2.46. The van der Waals surface area contributed by atoms with Gasteiger partial charge in [0, 0.05) is 25.3 Å². The van der Waals surface area contributed by atoms with Crippen molar-refractivity contribution in [1.82, 2.24) is 14.3 Å². The highest BCUT2D eigenvalue weighted by Crippen LogP contribution is 2.33. The molecule has 0 aliphatic heterocycles. The van der Waals surface area contributed by atoms with E-state index in [1.807, 2.05) is 19.1 Å². The van der Waals surface area contributed by atoms with Crippen molar-refractivity contribution in [3.63, 3.8) is 0 Å². The highest BCUT2D eigenvalue weighted by atomic mass is 32.2. The number of amides is 1. The molecule has 0 bridgehead atoms. The lowest BCUT2D eigenvalue weighted by Gasteiger charge is -2.36. The second-order valence-electron chi connectivity index (χ2n) is 10.2. The summed E-state index contributed by atoms with van der Waals surface area (Å²) in [5, 5.41) is 16.4. The van der Waals surface area contributed by atoms with E-state index in [9.17, 15) is 18.3 Å². The predicted molar refractivity (Wildman–Crippen MR) is 143 cm³/mol. The summed E-state index contributed by atoms with van der Waals surface area (Å²) in [6, 6.07) is 5.86. The highest BCUT2D eigenvalue weighted by molar-refractivity contribution is 7.89. The number of aliphatic hydroxyl groups is 1. The number of carbonyl (C=O) groups excluding carboxylic acids is 1. The molecular formula is C27H35FN4O6S. The number of carbonyl (C=O) groups is 1. The number of nitrogens with zero attached hydrogens (tertiary/aromatic N) is 3. The minimum atomic E-state index is -4.11. The van der Waals surface area contributed by atoms with Crippen molar-refractivity contribution in [2.75, 3.05) is 27.3 Å². The first-order chi connectivity index (χ1) is 18.4. The predicted octanol–water partition coefficient (Wildman–Crippen LogP) is 3.19. The third-order valence-electron chi connectivity index (χ3n) is 7.38. The first-order valence-electron chi connectivity index (χ1n) is 12.8. The number of pyridine rings is 1. The van der Waals surface area contributed by atoms with Gasteiger partial charge in [-0.1, -0.05) is 6.42 Å². The standard InChI is InChI=1S/C27H35FN4O6S/c1-16-8-9-32-22(12-19(33)14-31(27(34)38-4)15-23(37-3)18-6-5-7-18)26(30-24(32)10-16)25-17(2)11-20(13-21(25)28)39(29,35)36/h8-11,13,18-19,23,33H,5-7,12,14-15H2,1-4H3,(H2,29,35,36)/t19-,23?/m0/s1. The topological polar surface area (TPSA) is 136 Å². The number of primary sulfonamides is 1. The van der Waals surface area contributed by atoms with Gasteiger partial charge in [-0.05, 0) is 68.0 Å². The number of hydrogen-bond acceptors (Lipinski definition) is 7. The van der Waals surface area contributed by atoms with Crippen molar-refractivity contribution in [3.8, 4) is 11.3 Å². The largest absolute Gasteiger partial charge is 0.453 e. The van der Waals surface area contributed by atoms with E-state index in [0.717, 1.165) is 30.9 Å². The van der Waals surface area contributed by atoms with Crippen LogP contribution in [0.4, 0.5) is 9.18 Å². The fourth-order valence-electron chi connectivity index (χ4n) is 5.11. The third-order valence-corrected chi connectivity index (χ3v) is 8.27. The minimum Gasteiger partial charge on any atom is -0.453 e. The van der Waals surface area contributed by atoms with Crippen molar-refractivity contribution >= 4 is 21.8 Å². The molecule has 1 aliphatic rings. The fourth-order valence-corrected chi connectivity index (χ4v) is 5.72. The van der Waals surface area contributed by atoms with E-state index < -0.39 is 28.0 Å². The van der Waals surface area contributed by atoms with E-state index in [-0.39, 0.29) is 41.8 Å². The zero-order chi connectivity index (χ0) is 28.5. The molecule has 2 atom stereocenters. The second-order valence-corrected chi connectivity index (χ2v) is 11.7. The van der Waals surface area contributed by atoms with Gasteiger partial charge in [-0.2, -0.15) is 0 Å². The Kier molecular flexibility index (Phi) is 8.60. The number of nitrogens with two attached hydrogens (primary N) is 1. The SMILES string of the molecule is COC(=O)N(CC(OC)C1CCC1)C[C@@H](O)Cc1c(-c2c(C)cc(S(N)(=O)=O)cc2F)nc2cc(C)ccn12. The van der Waals surface area contributed by atoms with Crippen molar-refractivity contribution in [2.45, 2.75) is 56.6 Å². The molecule has 3 N–H and O–H groups in total. The molecule has 1 amide bonds. The highest BCUT2D eigenvalue weighted by Gasteiger charge is 2.32. The molecule has 4 rings (SSSR count). The van der Waals surface area contributed by atoms with Gasteiger partial charge in [-0.25, -0.2) is 27.7 Å². The summed E-state index contributed by atoms with van der Waals surface area (Å²) in [5.41, 5.74) is 2.69. The van der Waals surface area contributed by atoms with Crippen molar-refractivity contribution < 1.29 is 32.2 Å². The fraction of sp³-hybridized carbons (Fsp3) is 0.481. The smallest absolute Gasteiger partial charge is 0.409 e. The van der Waals surface area contributed by atoms with E-state index in [0.29, 0.717) is 22.8 Å². The molecule has 1 aromatic carbocycles. The Morgan fingerprint density at radius 1 is 1.26 bits per heavy atom. The summed E-state index contributed by atoms with van der Waals surface area (Å²) in [4.78, 5) is 18.3. The number of fused-ring (bicyclic) bond motifs is 1. The second kappa shape index (κ2) is 11.6. The van der Waals surface area contributed by atoms with Gasteiger partial charge >= 0.3 is 6.09 Å². The van der Waals surface area contributed by atoms with E-state index in [1.165, 1.54) is 18.1 Å². The molecule has 1 saturated carbocycles. The van der Waals surface area contributed by atoms with Gasteiger partial charge in [0.2, 0.25) is 10.0 Å². The number of hydrogen-bond donors (Lipinski definition) is 2. The van der Waals surface area contributed by atoms with Gasteiger partial charge in [-0.3, -0.25) is 0 Å². The number of aryl methyl sites for hydroxylation is 2. The molecular weight excluding hydrogens is 527 g/mol. The van der Waals surface area contributed by atoms with Gasteiger partial charge in [0.15, 0.2) is 0 Å². The molecule has 1 fully saturated rings. The summed E-state index contributed by atoms with van der Waals surface area (Å²) in [6.45, 7) is 3.71. The third kappa shape index (κ3) is 6.24. The van der Waals surface area contributed by atoms with Crippen LogP contribution >= 0.6 is 0 Å². The van der Waals surface area contributed by atoms with Crippen molar-refractivity contribution in [2.24, 2.45) is 11.1 Å². The van der Waals surface area contributed by atoms with Crippen LogP contribution in [0.3, 0.4) is 0 Å². The zero-order valence-corrected chi connectivity index (χ0v) is 23.4. The van der Waals surface area contributed by atoms with E-state index in [1.54, 1.807) is 24.6 Å². The summed E-state index contributed by atoms with van der Waals surface area (Å²) in [5.74, 6) is -0.450. The van der Waals surface area contributed by atoms with Crippen molar-refractivity contribution in [1.29, 1.82) is 0 Å². The number of rotatable bonds is 10. The Morgan fingerprint density at radius 3 is 2.54 bits per heavy atom. The maximum absolute atomic E-state index is 15.4. The van der Waals surface area contributed by atoms with Crippen LogP contribution in [0, 0.1) is 25.6 Å². The molecule has 39 heavy (non-hydrogen) atoms. The normalized spacial score (nSPS) is 15.7. The number of methoxy groups -OCH3 is 2. The van der Waals surface area contributed by atoms with Gasteiger partial charge < -0.3 is 23.9 Å². The lowest BCUT2D eigenvalue weighted by atomic mass is 9.81. The molecule has 0 spiro atoms. The molecule has 10 nitrogen and oxygen atoms in total. The molecule has 0 saturated heterocycles. The van der Waals surface area contributed by atoms with Gasteiger partial charge in [-0.15, -0.1) is 0 Å². The average molecular weight is 563 g/mol. The minimum absolute atomic E-state index is 0.0317. The molecule has 2 aromatic heterocycles. The summed E-state index contributed by atoms with van der Waals surface area (Å²) in [6.07, 6.45) is 3.18. The molecule has 212 valence electrons. The Morgan fingerprint density at radius 2 is 1.97 bits per heavy atom. The van der Waals surface area contributed by atoms with Crippen molar-refractivity contribution in [3.05, 3.63) is 53.1 Å². The first kappa shape index (κ1) is 28.9. The number of aliphatic hydroxyl groups excluding tert-OH is 1. The molecule has 0 radical (unpaired) electrons. The molecule has 1 aliphatic carbocycles. The number of ether oxygens (including phenoxy) is 2. The Hall–Kier alpha value is -3.06. The lowest BCUT2D eigenvalue weighted by molar-refractivity contribution is -0.0118. The van der Waals surface area contributed by atoms with Crippen LogP contribution in [-0.4, -0.2) is 73.4 Å². The molecule has 2 heterocycles. The number of benzene rings is 1. The Bertz CT molecular complexity index is 1450. The first-order valence-corrected chi connectivity index (χ1v) is 14.3. The van der Waals surface area contributed by atoms with Gasteiger partial charge in [0.05, 0.1) is 48.7 Å². The summed E-state index contributed by atoms with van der Waals surface area (Å²) < 4.78 is 51.4. The van der Waals surface area contributed by atoms with Gasteiger partial charge in [0.1, 0.15) is 11.5 Å². The summed E-state index contributed by atoms with van der Waals surface area (Å²) in [7, 11) is -1.21.